The van der Waals surface area contributed by atoms with E-state index in [2.05, 4.69) is 29.5 Å². The Balaban J connectivity index is 2.68. The zero-order valence-corrected chi connectivity index (χ0v) is 7.29. The van der Waals surface area contributed by atoms with Gasteiger partial charge >= 0.3 is 0 Å². The van der Waals surface area contributed by atoms with Crippen LogP contribution in [0.1, 0.15) is 26.2 Å². The Hall–Kier alpha value is 1.02. The highest BCUT2D eigenvalue weighted by Gasteiger charge is 1.94. The molecule has 0 saturated heterocycles. The molecule has 0 aliphatic heterocycles. The van der Waals surface area contributed by atoms with Gasteiger partial charge in [-0.15, -0.1) is 11.6 Å². The molecule has 0 unspecified atom stereocenters. The van der Waals surface area contributed by atoms with Crippen molar-refractivity contribution in [2.45, 2.75) is 26.2 Å². The van der Waals surface area contributed by atoms with Crippen molar-refractivity contribution in [3.63, 3.8) is 0 Å². The minimum atomic E-state index is 0.999. The van der Waals surface area contributed by atoms with Gasteiger partial charge in [0.1, 0.15) is 3.38 Å². The van der Waals surface area contributed by atoms with Gasteiger partial charge in [-0.3, -0.25) is 0 Å². The molecule has 43 valence electrons. The SMILES string of the molecule is CCCC[C](Cl)I. The van der Waals surface area contributed by atoms with Gasteiger partial charge in [-0.25, -0.2) is 0 Å². The molecule has 0 heterocycles. The van der Waals surface area contributed by atoms with Gasteiger partial charge in [0.05, 0.1) is 0 Å². The fourth-order valence-electron chi connectivity index (χ4n) is 0.310. The Morgan fingerprint density at radius 3 is 2.43 bits per heavy atom. The van der Waals surface area contributed by atoms with Crippen LogP contribution in [-0.2, 0) is 0 Å². The van der Waals surface area contributed by atoms with Crippen molar-refractivity contribution in [3.05, 3.63) is 3.38 Å². The molecule has 0 bridgehead atoms. The second kappa shape index (κ2) is 5.16. The first-order chi connectivity index (χ1) is 3.27. The third-order valence-corrected chi connectivity index (χ3v) is 1.45. The van der Waals surface area contributed by atoms with Crippen LogP contribution in [0.3, 0.4) is 0 Å². The van der Waals surface area contributed by atoms with E-state index in [0.29, 0.717) is 0 Å². The Labute approximate surface area is 63.8 Å². The monoisotopic (exact) mass is 231 g/mol. The summed E-state index contributed by atoms with van der Waals surface area (Å²) in [5.41, 5.74) is 0. The lowest BCUT2D eigenvalue weighted by atomic mass is 10.3. The van der Waals surface area contributed by atoms with Crippen LogP contribution in [0.15, 0.2) is 0 Å². The maximum Gasteiger partial charge on any atom is 0.124 e. The van der Waals surface area contributed by atoms with Crippen molar-refractivity contribution in [3.8, 4) is 0 Å². The summed E-state index contributed by atoms with van der Waals surface area (Å²) < 4.78 is 0.999. The Morgan fingerprint density at radius 2 is 2.29 bits per heavy atom. The van der Waals surface area contributed by atoms with Crippen molar-refractivity contribution in [1.29, 1.82) is 0 Å². The summed E-state index contributed by atoms with van der Waals surface area (Å²) in [7, 11) is 0. The molecule has 0 spiro atoms. The third-order valence-electron chi connectivity index (χ3n) is 0.719. The smallest absolute Gasteiger partial charge is 0.105 e. The summed E-state index contributed by atoms with van der Waals surface area (Å²) in [5, 5.41) is 0. The van der Waals surface area contributed by atoms with E-state index in [9.17, 15) is 0 Å². The van der Waals surface area contributed by atoms with Crippen LogP contribution in [0.2, 0.25) is 0 Å². The molecule has 1 radical (unpaired) electrons. The van der Waals surface area contributed by atoms with E-state index in [1.165, 1.54) is 12.8 Å². The topological polar surface area (TPSA) is 0 Å². The first-order valence-electron chi connectivity index (χ1n) is 2.44. The highest BCUT2D eigenvalue weighted by atomic mass is 127. The van der Waals surface area contributed by atoms with Gasteiger partial charge < -0.3 is 0 Å². The van der Waals surface area contributed by atoms with Crippen LogP contribution >= 0.6 is 34.2 Å². The summed E-state index contributed by atoms with van der Waals surface area (Å²) in [6, 6.07) is 0. The van der Waals surface area contributed by atoms with Crippen molar-refractivity contribution in [2.75, 3.05) is 0 Å². The predicted octanol–water partition coefficient (Wildman–Crippen LogP) is 3.34. The molecule has 0 aromatic heterocycles. The van der Waals surface area contributed by atoms with Crippen LogP contribution in [0.5, 0.6) is 0 Å². The fourth-order valence-corrected chi connectivity index (χ4v) is 0.825. The van der Waals surface area contributed by atoms with Gasteiger partial charge in [0.2, 0.25) is 0 Å². The van der Waals surface area contributed by atoms with Crippen molar-refractivity contribution in [1.82, 2.24) is 0 Å². The van der Waals surface area contributed by atoms with Gasteiger partial charge in [-0.2, -0.15) is 0 Å². The molecule has 2 heteroatoms. The van der Waals surface area contributed by atoms with E-state index < -0.39 is 0 Å². The molecule has 0 amide bonds. The summed E-state index contributed by atoms with van der Waals surface area (Å²) in [5.74, 6) is 0. The number of halogens is 2. The van der Waals surface area contributed by atoms with Crippen LogP contribution in [0, 0.1) is 3.38 Å². The number of unbranched alkanes of at least 4 members (excludes halogenated alkanes) is 1. The second-order valence-electron chi connectivity index (χ2n) is 1.44. The van der Waals surface area contributed by atoms with E-state index in [-0.39, 0.29) is 0 Å². The van der Waals surface area contributed by atoms with E-state index >= 15 is 0 Å². The van der Waals surface area contributed by atoms with Gasteiger partial charge in [-0.05, 0) is 6.42 Å². The van der Waals surface area contributed by atoms with E-state index in [1.54, 1.807) is 0 Å². The molecule has 0 aromatic carbocycles. The van der Waals surface area contributed by atoms with Gasteiger partial charge in [0, 0.05) is 0 Å². The third kappa shape index (κ3) is 7.02. The van der Waals surface area contributed by atoms with Crippen molar-refractivity contribution in [2.24, 2.45) is 0 Å². The van der Waals surface area contributed by atoms with E-state index in [0.717, 1.165) is 9.80 Å². The summed E-state index contributed by atoms with van der Waals surface area (Å²) in [6.45, 7) is 2.16. The second-order valence-corrected chi connectivity index (χ2v) is 3.84. The molecule has 0 nitrogen and oxygen atoms in total. The maximum atomic E-state index is 5.56. The standard InChI is InChI=1S/C5H9ClI/c1-2-3-4-5(6)7/h2-4H2,1H3. The van der Waals surface area contributed by atoms with Gasteiger partial charge in [-0.1, -0.05) is 42.4 Å². The average molecular weight is 231 g/mol. The number of hydrogen-bond acceptors (Lipinski definition) is 0. The number of rotatable bonds is 3. The van der Waals surface area contributed by atoms with Crippen LogP contribution in [0.4, 0.5) is 0 Å². The zero-order chi connectivity index (χ0) is 5.70. The summed E-state index contributed by atoms with van der Waals surface area (Å²) >= 11 is 7.71. The zero-order valence-electron chi connectivity index (χ0n) is 4.38. The Bertz CT molecular complexity index is 37.1. The van der Waals surface area contributed by atoms with E-state index in [1.807, 2.05) is 0 Å². The average Bonchev–Trinajstić information content (AvgIpc) is 1.61. The minimum Gasteiger partial charge on any atom is -0.105 e. The lowest BCUT2D eigenvalue weighted by Crippen LogP contribution is -1.73. The lowest BCUT2D eigenvalue weighted by molar-refractivity contribution is 0.801. The van der Waals surface area contributed by atoms with Crippen LogP contribution in [0.25, 0.3) is 0 Å². The molecule has 7 heavy (non-hydrogen) atoms. The quantitative estimate of drug-likeness (QED) is 0.654. The number of hydrogen-bond donors (Lipinski definition) is 0. The minimum absolute atomic E-state index is 0.999. The largest absolute Gasteiger partial charge is 0.124 e. The molecule has 0 aliphatic carbocycles. The maximum absolute atomic E-state index is 5.56. The molecule has 0 fully saturated rings. The van der Waals surface area contributed by atoms with Crippen molar-refractivity contribution < 1.29 is 0 Å². The first kappa shape index (κ1) is 8.02. The van der Waals surface area contributed by atoms with Gasteiger partial charge in [0.25, 0.3) is 0 Å². The summed E-state index contributed by atoms with van der Waals surface area (Å²) in [4.78, 5) is 0. The van der Waals surface area contributed by atoms with Crippen LogP contribution < -0.4 is 0 Å². The lowest BCUT2D eigenvalue weighted by Gasteiger charge is -1.93. The Morgan fingerprint density at radius 1 is 1.71 bits per heavy atom. The fraction of sp³-hybridized carbons (Fsp3) is 0.800. The molecular formula is C5H9ClI. The molecule has 0 saturated carbocycles. The van der Waals surface area contributed by atoms with Crippen molar-refractivity contribution >= 4 is 34.2 Å². The van der Waals surface area contributed by atoms with Gasteiger partial charge in [0.15, 0.2) is 0 Å². The van der Waals surface area contributed by atoms with E-state index in [4.69, 9.17) is 11.6 Å². The first-order valence-corrected chi connectivity index (χ1v) is 3.90. The van der Waals surface area contributed by atoms with Crippen LogP contribution in [-0.4, -0.2) is 0 Å². The molecule has 0 rings (SSSR count). The predicted molar refractivity (Wildman–Crippen MR) is 42.6 cm³/mol. The Kier molecular flexibility index (Phi) is 5.91. The molecule has 0 N–H and O–H groups in total. The molecular weight excluding hydrogens is 222 g/mol. The highest BCUT2D eigenvalue weighted by molar-refractivity contribution is 14.1. The molecule has 0 atom stereocenters. The molecule has 0 aromatic rings. The molecule has 0 aliphatic rings. The normalized spacial score (nSPS) is 10.3. The highest BCUT2D eigenvalue weighted by Crippen LogP contribution is 2.22. The summed E-state index contributed by atoms with van der Waals surface area (Å²) in [6.07, 6.45) is 3.53.